The van der Waals surface area contributed by atoms with Crippen molar-refractivity contribution < 1.29 is 9.53 Å². The van der Waals surface area contributed by atoms with Gasteiger partial charge in [0.05, 0.1) is 12.0 Å². The maximum atomic E-state index is 10.9. The van der Waals surface area contributed by atoms with E-state index >= 15 is 0 Å². The smallest absolute Gasteiger partial charge is 0.222 e. The number of nitrogens with one attached hydrogen (secondary N) is 1. The van der Waals surface area contributed by atoms with E-state index in [9.17, 15) is 4.79 Å². The van der Waals surface area contributed by atoms with E-state index in [0.717, 1.165) is 11.4 Å². The molecule has 0 aromatic heterocycles. The van der Waals surface area contributed by atoms with Gasteiger partial charge in [-0.25, -0.2) is 0 Å². The summed E-state index contributed by atoms with van der Waals surface area (Å²) in [6.45, 7) is 6.31. The maximum absolute atomic E-state index is 10.9. The maximum Gasteiger partial charge on any atom is 0.222 e. The van der Waals surface area contributed by atoms with Crippen molar-refractivity contribution in [1.29, 1.82) is 0 Å². The highest BCUT2D eigenvalue weighted by Gasteiger charge is 2.07. The van der Waals surface area contributed by atoms with Crippen LogP contribution in [0.5, 0.6) is 5.75 Å². The van der Waals surface area contributed by atoms with E-state index in [1.165, 1.54) is 0 Å². The molecule has 4 nitrogen and oxygen atoms in total. The van der Waals surface area contributed by atoms with Crippen LogP contribution in [0.3, 0.4) is 0 Å². The van der Waals surface area contributed by atoms with Gasteiger partial charge < -0.3 is 15.8 Å². The number of primary amides is 1. The van der Waals surface area contributed by atoms with Crippen LogP contribution in [0.15, 0.2) is 24.3 Å². The molecule has 0 fully saturated rings. The molecule has 3 N–H and O–H groups in total. The summed E-state index contributed by atoms with van der Waals surface area (Å²) in [4.78, 5) is 10.9. The lowest BCUT2D eigenvalue weighted by Gasteiger charge is -2.12. The summed E-state index contributed by atoms with van der Waals surface area (Å²) in [5.74, 6) is 0.368. The third kappa shape index (κ3) is 4.76. The van der Waals surface area contributed by atoms with Crippen molar-refractivity contribution in [3.63, 3.8) is 0 Å². The van der Waals surface area contributed by atoms with E-state index in [1.54, 1.807) is 6.92 Å². The fourth-order valence-electron chi connectivity index (χ4n) is 1.30. The molecule has 94 valence electrons. The molecule has 1 aromatic rings. The minimum atomic E-state index is -0.294. The highest BCUT2D eigenvalue weighted by atomic mass is 16.5. The van der Waals surface area contributed by atoms with Crippen molar-refractivity contribution in [2.45, 2.75) is 26.9 Å². The van der Waals surface area contributed by atoms with E-state index in [0.29, 0.717) is 6.54 Å². The molecule has 1 aromatic carbocycles. The number of rotatable bonds is 6. The number of hydrogen-bond donors (Lipinski definition) is 2. The first-order valence-electron chi connectivity index (χ1n) is 5.79. The molecule has 0 bridgehead atoms. The van der Waals surface area contributed by atoms with Gasteiger partial charge in [-0.05, 0) is 38.1 Å². The SMILES string of the molecule is CC(C)Oc1ccc(NCC(C)C(N)=O)cc1. The quantitative estimate of drug-likeness (QED) is 0.794. The topological polar surface area (TPSA) is 64.3 Å². The van der Waals surface area contributed by atoms with Gasteiger partial charge in [-0.3, -0.25) is 4.79 Å². The third-order valence-electron chi connectivity index (χ3n) is 2.32. The Balaban J connectivity index is 2.48. The Morgan fingerprint density at radius 1 is 1.29 bits per heavy atom. The number of nitrogens with two attached hydrogens (primary N) is 1. The summed E-state index contributed by atoms with van der Waals surface area (Å²) in [6, 6.07) is 7.64. The number of benzene rings is 1. The van der Waals surface area contributed by atoms with E-state index in [1.807, 2.05) is 38.1 Å². The van der Waals surface area contributed by atoms with Gasteiger partial charge in [0.1, 0.15) is 5.75 Å². The first kappa shape index (κ1) is 13.4. The molecule has 0 heterocycles. The number of ether oxygens (including phenoxy) is 1. The lowest BCUT2D eigenvalue weighted by Crippen LogP contribution is -2.26. The second kappa shape index (κ2) is 6.13. The van der Waals surface area contributed by atoms with Crippen LogP contribution in [0.4, 0.5) is 5.69 Å². The molecule has 1 rings (SSSR count). The molecule has 0 radical (unpaired) electrons. The van der Waals surface area contributed by atoms with Crippen molar-refractivity contribution in [3.8, 4) is 5.75 Å². The monoisotopic (exact) mass is 236 g/mol. The van der Waals surface area contributed by atoms with E-state index < -0.39 is 0 Å². The number of amides is 1. The molecule has 0 aliphatic heterocycles. The predicted molar refractivity (Wildman–Crippen MR) is 69.1 cm³/mol. The molecule has 0 spiro atoms. The lowest BCUT2D eigenvalue weighted by atomic mass is 10.1. The molecular weight excluding hydrogens is 216 g/mol. The zero-order valence-electron chi connectivity index (χ0n) is 10.6. The summed E-state index contributed by atoms with van der Waals surface area (Å²) >= 11 is 0. The largest absolute Gasteiger partial charge is 0.491 e. The van der Waals surface area contributed by atoms with Crippen molar-refractivity contribution in [3.05, 3.63) is 24.3 Å². The van der Waals surface area contributed by atoms with Crippen LogP contribution >= 0.6 is 0 Å². The normalized spacial score (nSPS) is 12.2. The van der Waals surface area contributed by atoms with Gasteiger partial charge in [0.2, 0.25) is 5.91 Å². The van der Waals surface area contributed by atoms with Crippen molar-refractivity contribution in [2.24, 2.45) is 11.7 Å². The standard InChI is InChI=1S/C13H20N2O2/c1-9(2)17-12-6-4-11(5-7-12)15-8-10(3)13(14)16/h4-7,9-10,15H,8H2,1-3H3,(H2,14,16). The fourth-order valence-corrected chi connectivity index (χ4v) is 1.30. The van der Waals surface area contributed by atoms with Gasteiger partial charge >= 0.3 is 0 Å². The van der Waals surface area contributed by atoms with Crippen molar-refractivity contribution in [1.82, 2.24) is 0 Å². The fraction of sp³-hybridized carbons (Fsp3) is 0.462. The number of hydrogen-bond acceptors (Lipinski definition) is 3. The van der Waals surface area contributed by atoms with Crippen molar-refractivity contribution >= 4 is 11.6 Å². The second-order valence-electron chi connectivity index (χ2n) is 4.38. The lowest BCUT2D eigenvalue weighted by molar-refractivity contribution is -0.120. The summed E-state index contributed by atoms with van der Waals surface area (Å²) in [5.41, 5.74) is 6.13. The third-order valence-corrected chi connectivity index (χ3v) is 2.32. The Morgan fingerprint density at radius 2 is 1.88 bits per heavy atom. The number of carbonyl (C=O) groups excluding carboxylic acids is 1. The van der Waals surface area contributed by atoms with Gasteiger partial charge in [-0.1, -0.05) is 6.92 Å². The Labute approximate surface area is 102 Å². The van der Waals surface area contributed by atoms with Crippen LogP contribution in [0.25, 0.3) is 0 Å². The molecule has 0 aliphatic carbocycles. The van der Waals surface area contributed by atoms with Gasteiger partial charge in [0.15, 0.2) is 0 Å². The van der Waals surface area contributed by atoms with Gasteiger partial charge in [0.25, 0.3) is 0 Å². The molecule has 0 saturated heterocycles. The van der Waals surface area contributed by atoms with Gasteiger partial charge in [0, 0.05) is 12.2 Å². The molecule has 1 amide bonds. The van der Waals surface area contributed by atoms with Crippen LogP contribution in [0.2, 0.25) is 0 Å². The molecular formula is C13H20N2O2. The molecule has 4 heteroatoms. The zero-order valence-corrected chi connectivity index (χ0v) is 10.6. The summed E-state index contributed by atoms with van der Waals surface area (Å²) < 4.78 is 5.53. The van der Waals surface area contributed by atoms with Crippen LogP contribution in [-0.4, -0.2) is 18.6 Å². The average Bonchev–Trinajstić information content (AvgIpc) is 2.26. The zero-order chi connectivity index (χ0) is 12.8. The summed E-state index contributed by atoms with van der Waals surface area (Å²) in [5, 5.41) is 3.15. The predicted octanol–water partition coefficient (Wildman–Crippen LogP) is 2.01. The summed E-state index contributed by atoms with van der Waals surface area (Å²) in [6.07, 6.45) is 0.170. The summed E-state index contributed by atoms with van der Waals surface area (Å²) in [7, 11) is 0. The van der Waals surface area contributed by atoms with Crippen LogP contribution in [-0.2, 0) is 4.79 Å². The number of anilines is 1. The molecule has 17 heavy (non-hydrogen) atoms. The van der Waals surface area contributed by atoms with E-state index in [-0.39, 0.29) is 17.9 Å². The molecule has 0 saturated carbocycles. The molecule has 1 atom stereocenters. The molecule has 1 unspecified atom stereocenters. The Kier molecular flexibility index (Phi) is 4.82. The molecule has 0 aliphatic rings. The van der Waals surface area contributed by atoms with Gasteiger partial charge in [-0.2, -0.15) is 0 Å². The first-order chi connectivity index (χ1) is 7.99. The van der Waals surface area contributed by atoms with Crippen LogP contribution in [0, 0.1) is 5.92 Å². The Hall–Kier alpha value is -1.71. The van der Waals surface area contributed by atoms with Crippen molar-refractivity contribution in [2.75, 3.05) is 11.9 Å². The second-order valence-corrected chi connectivity index (χ2v) is 4.38. The highest BCUT2D eigenvalue weighted by molar-refractivity contribution is 5.76. The highest BCUT2D eigenvalue weighted by Crippen LogP contribution is 2.17. The average molecular weight is 236 g/mol. The Bertz CT molecular complexity index is 360. The van der Waals surface area contributed by atoms with Crippen LogP contribution < -0.4 is 15.8 Å². The van der Waals surface area contributed by atoms with E-state index in [2.05, 4.69) is 5.32 Å². The van der Waals surface area contributed by atoms with Gasteiger partial charge in [-0.15, -0.1) is 0 Å². The van der Waals surface area contributed by atoms with Crippen LogP contribution in [0.1, 0.15) is 20.8 Å². The minimum Gasteiger partial charge on any atom is -0.491 e. The minimum absolute atomic E-state index is 0.170. The number of carbonyl (C=O) groups is 1. The Morgan fingerprint density at radius 3 is 2.35 bits per heavy atom. The first-order valence-corrected chi connectivity index (χ1v) is 5.79. The van der Waals surface area contributed by atoms with E-state index in [4.69, 9.17) is 10.5 Å².